The third-order valence-corrected chi connectivity index (χ3v) is 1.97. The molecule has 1 aromatic rings. The average Bonchev–Trinajstić information content (AvgIpc) is 2.32. The molecular formula is C9H17N3O. The Bertz CT molecular complexity index is 329. The summed E-state index contributed by atoms with van der Waals surface area (Å²) in [4.78, 5) is 14.1. The minimum atomic E-state index is -0.0737. The fraction of sp³-hybridized carbons (Fsp3) is 0.667. The first kappa shape index (κ1) is 10.1. The van der Waals surface area contributed by atoms with Crippen LogP contribution in [0.2, 0.25) is 0 Å². The van der Waals surface area contributed by atoms with E-state index in [2.05, 4.69) is 25.8 Å². The van der Waals surface area contributed by atoms with Crippen LogP contribution in [0.5, 0.6) is 0 Å². The molecule has 13 heavy (non-hydrogen) atoms. The third-order valence-electron chi connectivity index (χ3n) is 1.97. The quantitative estimate of drug-likeness (QED) is 0.698. The second-order valence-electron chi connectivity index (χ2n) is 4.20. The molecule has 1 aromatic heterocycles. The molecule has 0 aliphatic carbocycles. The van der Waals surface area contributed by atoms with Crippen LogP contribution in [0, 0.1) is 0 Å². The fourth-order valence-electron chi connectivity index (χ4n) is 1.12. The molecular weight excluding hydrogens is 166 g/mol. The van der Waals surface area contributed by atoms with Gasteiger partial charge in [0.2, 0.25) is 0 Å². The highest BCUT2D eigenvalue weighted by molar-refractivity contribution is 5.09. The molecule has 0 aromatic carbocycles. The van der Waals surface area contributed by atoms with Crippen molar-refractivity contribution in [2.75, 3.05) is 6.54 Å². The summed E-state index contributed by atoms with van der Waals surface area (Å²) >= 11 is 0. The molecule has 1 heterocycles. The van der Waals surface area contributed by atoms with Crippen molar-refractivity contribution in [2.45, 2.75) is 32.7 Å². The lowest BCUT2D eigenvalue weighted by molar-refractivity contribution is 0.570. The van der Waals surface area contributed by atoms with Crippen molar-refractivity contribution in [1.82, 2.24) is 9.55 Å². The number of aromatic nitrogens is 2. The van der Waals surface area contributed by atoms with Crippen LogP contribution in [0.15, 0.2) is 11.0 Å². The molecule has 4 nitrogen and oxygen atoms in total. The summed E-state index contributed by atoms with van der Waals surface area (Å²) in [6.07, 6.45) is 1.84. The number of H-pyrrole nitrogens is 1. The van der Waals surface area contributed by atoms with Gasteiger partial charge in [-0.05, 0) is 0 Å². The van der Waals surface area contributed by atoms with Gasteiger partial charge in [0.25, 0.3) is 0 Å². The normalized spacial score (nSPS) is 12.0. The summed E-state index contributed by atoms with van der Waals surface area (Å²) in [6, 6.07) is 0. The van der Waals surface area contributed by atoms with Gasteiger partial charge in [-0.25, -0.2) is 4.79 Å². The second-order valence-corrected chi connectivity index (χ2v) is 4.20. The third kappa shape index (κ3) is 2.21. The van der Waals surface area contributed by atoms with Crippen LogP contribution in [0.4, 0.5) is 0 Å². The van der Waals surface area contributed by atoms with E-state index < -0.39 is 0 Å². The lowest BCUT2D eigenvalue weighted by Crippen LogP contribution is -2.20. The first-order chi connectivity index (χ1) is 5.95. The standard InChI is InChI=1S/C9H17N3O/c1-9(2,3)7-6-12(5-4-10)8(13)11-7/h6H,4-5,10H2,1-3H3,(H,11,13). The van der Waals surface area contributed by atoms with Crippen molar-refractivity contribution >= 4 is 0 Å². The van der Waals surface area contributed by atoms with Gasteiger partial charge in [0.15, 0.2) is 0 Å². The molecule has 74 valence electrons. The summed E-state index contributed by atoms with van der Waals surface area (Å²) in [7, 11) is 0. The van der Waals surface area contributed by atoms with E-state index in [1.54, 1.807) is 4.57 Å². The number of hydrogen-bond donors (Lipinski definition) is 2. The summed E-state index contributed by atoms with van der Waals surface area (Å²) in [5.74, 6) is 0. The van der Waals surface area contributed by atoms with Gasteiger partial charge < -0.3 is 10.7 Å². The molecule has 0 spiro atoms. The zero-order chi connectivity index (χ0) is 10.1. The zero-order valence-corrected chi connectivity index (χ0v) is 8.42. The van der Waals surface area contributed by atoms with Crippen molar-refractivity contribution in [2.24, 2.45) is 5.73 Å². The van der Waals surface area contributed by atoms with Gasteiger partial charge in [0, 0.05) is 30.4 Å². The highest BCUT2D eigenvalue weighted by atomic mass is 16.1. The molecule has 3 N–H and O–H groups in total. The van der Waals surface area contributed by atoms with Gasteiger partial charge in [0.05, 0.1) is 0 Å². The van der Waals surface area contributed by atoms with Crippen LogP contribution in [-0.4, -0.2) is 16.1 Å². The first-order valence-electron chi connectivity index (χ1n) is 4.45. The minimum Gasteiger partial charge on any atom is -0.329 e. The molecule has 0 fully saturated rings. The molecule has 1 rings (SSSR count). The summed E-state index contributed by atoms with van der Waals surface area (Å²) < 4.78 is 1.61. The Morgan fingerprint density at radius 3 is 2.54 bits per heavy atom. The maximum Gasteiger partial charge on any atom is 0.325 e. The molecule has 0 saturated heterocycles. The Balaban J connectivity index is 3.02. The van der Waals surface area contributed by atoms with Crippen LogP contribution in [0.25, 0.3) is 0 Å². The molecule has 4 heteroatoms. The van der Waals surface area contributed by atoms with Gasteiger partial charge in [-0.3, -0.25) is 4.57 Å². The lowest BCUT2D eigenvalue weighted by Gasteiger charge is -2.14. The molecule has 0 aliphatic rings. The number of nitrogens with two attached hydrogens (primary N) is 1. The number of nitrogens with zero attached hydrogens (tertiary/aromatic N) is 1. The van der Waals surface area contributed by atoms with Crippen molar-refractivity contribution in [3.05, 3.63) is 22.4 Å². The fourth-order valence-corrected chi connectivity index (χ4v) is 1.12. The predicted octanol–water partition coefficient (Wildman–Crippen LogP) is 0.433. The summed E-state index contributed by atoms with van der Waals surface area (Å²) in [6.45, 7) is 7.24. The Morgan fingerprint density at radius 2 is 2.15 bits per heavy atom. The van der Waals surface area contributed by atoms with Crippen LogP contribution in [0.3, 0.4) is 0 Å². The summed E-state index contributed by atoms with van der Waals surface area (Å²) in [5, 5.41) is 0. The minimum absolute atomic E-state index is 0.0149. The van der Waals surface area contributed by atoms with Gasteiger partial charge in [-0.2, -0.15) is 0 Å². The summed E-state index contributed by atoms with van der Waals surface area (Å²) in [5.41, 5.74) is 6.24. The molecule has 0 unspecified atom stereocenters. The largest absolute Gasteiger partial charge is 0.329 e. The first-order valence-corrected chi connectivity index (χ1v) is 4.45. The zero-order valence-electron chi connectivity index (χ0n) is 8.42. The smallest absolute Gasteiger partial charge is 0.325 e. The molecule has 0 saturated carbocycles. The van der Waals surface area contributed by atoms with E-state index in [0.717, 1.165) is 5.69 Å². The average molecular weight is 183 g/mol. The van der Waals surface area contributed by atoms with E-state index in [4.69, 9.17) is 5.73 Å². The SMILES string of the molecule is CC(C)(C)c1cn(CCN)c(=O)[nH]1. The van der Waals surface area contributed by atoms with Crippen LogP contribution < -0.4 is 11.4 Å². The van der Waals surface area contributed by atoms with Crippen LogP contribution in [-0.2, 0) is 12.0 Å². The van der Waals surface area contributed by atoms with E-state index in [1.807, 2.05) is 6.20 Å². The Hall–Kier alpha value is -1.03. The van der Waals surface area contributed by atoms with E-state index in [0.29, 0.717) is 13.1 Å². The van der Waals surface area contributed by atoms with Crippen LogP contribution >= 0.6 is 0 Å². The topological polar surface area (TPSA) is 63.8 Å². The highest BCUT2D eigenvalue weighted by Crippen LogP contribution is 2.17. The molecule has 0 aliphatic heterocycles. The van der Waals surface area contributed by atoms with Crippen molar-refractivity contribution in [3.63, 3.8) is 0 Å². The Morgan fingerprint density at radius 1 is 1.54 bits per heavy atom. The Labute approximate surface area is 77.8 Å². The van der Waals surface area contributed by atoms with Crippen molar-refractivity contribution in [3.8, 4) is 0 Å². The predicted molar refractivity (Wildman–Crippen MR) is 52.8 cm³/mol. The molecule has 0 amide bonds. The van der Waals surface area contributed by atoms with E-state index in [-0.39, 0.29) is 11.1 Å². The number of imidazole rings is 1. The van der Waals surface area contributed by atoms with E-state index in [9.17, 15) is 4.79 Å². The van der Waals surface area contributed by atoms with E-state index in [1.165, 1.54) is 0 Å². The molecule has 0 radical (unpaired) electrons. The lowest BCUT2D eigenvalue weighted by atomic mass is 9.93. The van der Waals surface area contributed by atoms with Gasteiger partial charge >= 0.3 is 5.69 Å². The molecule has 0 bridgehead atoms. The highest BCUT2D eigenvalue weighted by Gasteiger charge is 2.16. The van der Waals surface area contributed by atoms with Gasteiger partial charge in [-0.1, -0.05) is 20.8 Å². The maximum atomic E-state index is 11.3. The van der Waals surface area contributed by atoms with E-state index >= 15 is 0 Å². The van der Waals surface area contributed by atoms with Gasteiger partial charge in [0.1, 0.15) is 0 Å². The van der Waals surface area contributed by atoms with Crippen molar-refractivity contribution < 1.29 is 0 Å². The Kier molecular flexibility index (Phi) is 2.61. The number of aromatic amines is 1. The number of hydrogen-bond acceptors (Lipinski definition) is 2. The van der Waals surface area contributed by atoms with Crippen LogP contribution in [0.1, 0.15) is 26.5 Å². The maximum absolute atomic E-state index is 11.3. The monoisotopic (exact) mass is 183 g/mol. The second kappa shape index (κ2) is 3.38. The van der Waals surface area contributed by atoms with Gasteiger partial charge in [-0.15, -0.1) is 0 Å². The number of nitrogens with one attached hydrogen (secondary N) is 1. The van der Waals surface area contributed by atoms with Crippen molar-refractivity contribution in [1.29, 1.82) is 0 Å². The molecule has 0 atom stereocenters. The number of rotatable bonds is 2.